The van der Waals surface area contributed by atoms with Crippen LogP contribution in [-0.4, -0.2) is 64.5 Å². The van der Waals surface area contributed by atoms with Crippen LogP contribution in [0.2, 0.25) is 0 Å². The van der Waals surface area contributed by atoms with Crippen molar-refractivity contribution >= 4 is 0 Å². The predicted octanol–water partition coefficient (Wildman–Crippen LogP) is 4.72. The molecule has 5 nitrogen and oxygen atoms in total. The van der Waals surface area contributed by atoms with Crippen molar-refractivity contribution in [3.8, 4) is 11.3 Å². The molecule has 32 heavy (non-hydrogen) atoms. The fourth-order valence-corrected chi connectivity index (χ4v) is 6.15. The second-order valence-electron chi connectivity index (χ2n) is 10.3. The summed E-state index contributed by atoms with van der Waals surface area (Å²) in [5.74, 6) is 0.797. The SMILES string of the molecule is Cn1cc(CN(CC2CCN(C3CCCC3)CC2)C[C@@H]2CCCO2)c(-c2ccccc2)n1. The van der Waals surface area contributed by atoms with E-state index in [9.17, 15) is 0 Å². The van der Waals surface area contributed by atoms with Crippen molar-refractivity contribution in [3.05, 3.63) is 42.1 Å². The lowest BCUT2D eigenvalue weighted by molar-refractivity contribution is 0.0540. The van der Waals surface area contributed by atoms with E-state index in [4.69, 9.17) is 9.84 Å². The normalized spacial score (nSPS) is 23.5. The Kier molecular flexibility index (Phi) is 7.25. The number of hydrogen-bond acceptors (Lipinski definition) is 4. The lowest BCUT2D eigenvalue weighted by Gasteiger charge is -2.38. The molecule has 0 unspecified atom stereocenters. The predicted molar refractivity (Wildman–Crippen MR) is 129 cm³/mol. The first-order valence-electron chi connectivity index (χ1n) is 12.9. The number of rotatable bonds is 8. The van der Waals surface area contributed by atoms with Crippen molar-refractivity contribution in [3.63, 3.8) is 0 Å². The van der Waals surface area contributed by atoms with Gasteiger partial charge in [-0.2, -0.15) is 5.10 Å². The molecule has 0 amide bonds. The maximum Gasteiger partial charge on any atom is 0.0968 e. The van der Waals surface area contributed by atoms with Gasteiger partial charge >= 0.3 is 0 Å². The number of benzene rings is 1. The number of ether oxygens (including phenoxy) is 1. The molecule has 2 aromatic rings. The third-order valence-electron chi connectivity index (χ3n) is 7.84. The number of aromatic nitrogens is 2. The van der Waals surface area contributed by atoms with Gasteiger partial charge in [-0.05, 0) is 57.5 Å². The van der Waals surface area contributed by atoms with Crippen LogP contribution in [0.1, 0.15) is 56.9 Å². The first-order chi connectivity index (χ1) is 15.7. The van der Waals surface area contributed by atoms with Crippen LogP contribution in [0.25, 0.3) is 11.3 Å². The van der Waals surface area contributed by atoms with Crippen LogP contribution in [0.15, 0.2) is 36.5 Å². The summed E-state index contributed by atoms with van der Waals surface area (Å²) in [6.45, 7) is 6.71. The highest BCUT2D eigenvalue weighted by Gasteiger charge is 2.29. The Morgan fingerprint density at radius 2 is 1.75 bits per heavy atom. The van der Waals surface area contributed by atoms with Crippen LogP contribution in [-0.2, 0) is 18.3 Å². The lowest BCUT2D eigenvalue weighted by atomic mass is 9.94. The molecule has 1 aromatic carbocycles. The van der Waals surface area contributed by atoms with Crippen molar-refractivity contribution < 1.29 is 4.74 Å². The van der Waals surface area contributed by atoms with Gasteiger partial charge in [0.25, 0.3) is 0 Å². The van der Waals surface area contributed by atoms with E-state index in [-0.39, 0.29) is 0 Å². The second kappa shape index (κ2) is 10.5. The van der Waals surface area contributed by atoms with Crippen LogP contribution in [0.4, 0.5) is 0 Å². The summed E-state index contributed by atoms with van der Waals surface area (Å²) in [4.78, 5) is 5.47. The van der Waals surface area contributed by atoms with Gasteiger partial charge in [-0.3, -0.25) is 9.58 Å². The van der Waals surface area contributed by atoms with Gasteiger partial charge < -0.3 is 9.64 Å². The van der Waals surface area contributed by atoms with Crippen LogP contribution < -0.4 is 0 Å². The van der Waals surface area contributed by atoms with Crippen LogP contribution in [0.5, 0.6) is 0 Å². The Labute approximate surface area is 193 Å². The standard InChI is InChI=1S/C27H40N4O/c1-29-19-24(27(28-29)23-8-3-2-4-9-23)20-30(21-26-12-7-17-32-26)18-22-13-15-31(16-14-22)25-10-5-6-11-25/h2-4,8-9,19,22,25-26H,5-7,10-18,20-21H2,1H3/t26-/m0/s1. The minimum Gasteiger partial charge on any atom is -0.377 e. The maximum absolute atomic E-state index is 6.04. The fraction of sp³-hybridized carbons (Fsp3) is 0.667. The molecule has 0 N–H and O–H groups in total. The van der Waals surface area contributed by atoms with E-state index >= 15 is 0 Å². The zero-order valence-electron chi connectivity index (χ0n) is 19.8. The molecule has 5 heteroatoms. The van der Waals surface area contributed by atoms with E-state index in [0.29, 0.717) is 6.10 Å². The Morgan fingerprint density at radius 3 is 2.47 bits per heavy atom. The minimum absolute atomic E-state index is 0.394. The van der Waals surface area contributed by atoms with E-state index in [1.807, 2.05) is 11.7 Å². The monoisotopic (exact) mass is 436 g/mol. The molecule has 1 aromatic heterocycles. The van der Waals surface area contributed by atoms with E-state index < -0.39 is 0 Å². The number of aryl methyl sites for hydroxylation is 1. The molecule has 3 fully saturated rings. The number of piperidine rings is 1. The Hall–Kier alpha value is -1.69. The van der Waals surface area contributed by atoms with Crippen LogP contribution in [0.3, 0.4) is 0 Å². The molecule has 0 spiro atoms. The molecule has 1 aliphatic carbocycles. The van der Waals surface area contributed by atoms with E-state index in [0.717, 1.165) is 37.4 Å². The van der Waals surface area contributed by atoms with Gasteiger partial charge in [-0.25, -0.2) is 0 Å². The molecule has 2 aliphatic heterocycles. The van der Waals surface area contributed by atoms with Crippen molar-refractivity contribution in [1.82, 2.24) is 19.6 Å². The highest BCUT2D eigenvalue weighted by molar-refractivity contribution is 5.62. The summed E-state index contributed by atoms with van der Waals surface area (Å²) in [6.07, 6.45) is 13.4. The molecule has 5 rings (SSSR count). The van der Waals surface area contributed by atoms with Crippen molar-refractivity contribution in [2.75, 3.05) is 32.8 Å². The Balaban J connectivity index is 1.26. The largest absolute Gasteiger partial charge is 0.377 e. The van der Waals surface area contributed by atoms with Gasteiger partial charge in [0.05, 0.1) is 11.8 Å². The highest BCUT2D eigenvalue weighted by Crippen LogP contribution is 2.29. The van der Waals surface area contributed by atoms with E-state index in [1.54, 1.807) is 0 Å². The van der Waals surface area contributed by atoms with E-state index in [2.05, 4.69) is 46.3 Å². The molecule has 174 valence electrons. The van der Waals surface area contributed by atoms with Gasteiger partial charge in [0.2, 0.25) is 0 Å². The first-order valence-corrected chi connectivity index (χ1v) is 12.9. The van der Waals surface area contributed by atoms with Gasteiger partial charge in [0, 0.05) is 56.7 Å². The maximum atomic E-state index is 6.04. The minimum atomic E-state index is 0.394. The summed E-state index contributed by atoms with van der Waals surface area (Å²) in [7, 11) is 2.04. The van der Waals surface area contributed by atoms with Gasteiger partial charge in [0.1, 0.15) is 0 Å². The summed E-state index contributed by atoms with van der Waals surface area (Å²) in [5.41, 5.74) is 3.67. The summed E-state index contributed by atoms with van der Waals surface area (Å²) in [5, 5.41) is 4.82. The number of likely N-dealkylation sites (tertiary alicyclic amines) is 1. The second-order valence-corrected chi connectivity index (χ2v) is 10.3. The van der Waals surface area contributed by atoms with Crippen molar-refractivity contribution in [2.45, 2.75) is 70.1 Å². The molecule has 1 saturated carbocycles. The Morgan fingerprint density at radius 1 is 0.969 bits per heavy atom. The average molecular weight is 437 g/mol. The fourth-order valence-electron chi connectivity index (χ4n) is 6.15. The summed E-state index contributed by atoms with van der Waals surface area (Å²) >= 11 is 0. The highest BCUT2D eigenvalue weighted by atomic mass is 16.5. The molecular weight excluding hydrogens is 396 g/mol. The number of nitrogens with zero attached hydrogens (tertiary/aromatic N) is 4. The molecule has 1 atom stereocenters. The molecule has 0 radical (unpaired) electrons. The average Bonchev–Trinajstić information content (AvgIpc) is 3.58. The molecular formula is C27H40N4O. The third kappa shape index (κ3) is 5.44. The van der Waals surface area contributed by atoms with Crippen molar-refractivity contribution in [2.24, 2.45) is 13.0 Å². The van der Waals surface area contributed by atoms with Crippen LogP contribution >= 0.6 is 0 Å². The van der Waals surface area contributed by atoms with Gasteiger partial charge in [-0.15, -0.1) is 0 Å². The zero-order chi connectivity index (χ0) is 21.8. The van der Waals surface area contributed by atoms with Crippen molar-refractivity contribution in [1.29, 1.82) is 0 Å². The number of hydrogen-bond donors (Lipinski definition) is 0. The zero-order valence-corrected chi connectivity index (χ0v) is 19.8. The third-order valence-corrected chi connectivity index (χ3v) is 7.84. The molecule has 3 aliphatic rings. The smallest absolute Gasteiger partial charge is 0.0968 e. The quantitative estimate of drug-likeness (QED) is 0.599. The first kappa shape index (κ1) is 22.1. The van der Waals surface area contributed by atoms with Gasteiger partial charge in [-0.1, -0.05) is 43.2 Å². The molecule has 3 heterocycles. The Bertz CT molecular complexity index is 831. The van der Waals surface area contributed by atoms with Gasteiger partial charge in [0.15, 0.2) is 0 Å². The topological polar surface area (TPSA) is 33.5 Å². The van der Waals surface area contributed by atoms with Crippen LogP contribution in [0, 0.1) is 5.92 Å². The molecule has 2 saturated heterocycles. The summed E-state index contributed by atoms with van der Waals surface area (Å²) in [6, 6.07) is 11.5. The molecule has 0 bridgehead atoms. The summed E-state index contributed by atoms with van der Waals surface area (Å²) < 4.78 is 8.02. The lowest BCUT2D eigenvalue weighted by Crippen LogP contribution is -2.43. The van der Waals surface area contributed by atoms with E-state index in [1.165, 1.54) is 82.1 Å².